The number of alkyl halides is 6. The van der Waals surface area contributed by atoms with Crippen LogP contribution in [-0.4, -0.2) is 36.2 Å². The van der Waals surface area contributed by atoms with Crippen LogP contribution in [0.15, 0.2) is 36.4 Å². The fourth-order valence-corrected chi connectivity index (χ4v) is 3.00. The highest BCUT2D eigenvalue weighted by Crippen LogP contribution is 2.41. The summed E-state index contributed by atoms with van der Waals surface area (Å²) in [5.41, 5.74) is -1.49. The Morgan fingerprint density at radius 2 is 1.58 bits per heavy atom. The number of rotatable bonds is 8. The monoisotopic (exact) mass is 478 g/mol. The maximum absolute atomic E-state index is 13.1. The molecule has 0 heterocycles. The molecule has 0 aliphatic carbocycles. The van der Waals surface area contributed by atoms with E-state index in [9.17, 15) is 35.9 Å². The predicted octanol–water partition coefficient (Wildman–Crippen LogP) is 5.65. The molecule has 2 rings (SSSR count). The minimum absolute atomic E-state index is 0.0523. The molecule has 2 aromatic carbocycles. The number of amides is 1. The number of ether oxygens (including phenoxy) is 1. The number of carboxylic acids is 1. The first-order valence-corrected chi connectivity index (χ1v) is 9.52. The molecular formula is C21H20F6N2O4. The molecule has 2 N–H and O–H groups in total. The second-order valence-corrected chi connectivity index (χ2v) is 6.95. The Hall–Kier alpha value is -3.44. The molecule has 2 aromatic rings. The molecule has 0 saturated carbocycles. The van der Waals surface area contributed by atoms with E-state index >= 15 is 0 Å². The number of nitrogens with one attached hydrogen (secondary N) is 1. The van der Waals surface area contributed by atoms with Crippen LogP contribution in [-0.2, 0) is 4.79 Å². The zero-order chi connectivity index (χ0) is 25.0. The molecule has 0 bridgehead atoms. The van der Waals surface area contributed by atoms with Gasteiger partial charge in [0.25, 0.3) is 5.91 Å². The fourth-order valence-electron chi connectivity index (χ4n) is 3.00. The van der Waals surface area contributed by atoms with Gasteiger partial charge in [0.05, 0.1) is 18.0 Å². The lowest BCUT2D eigenvalue weighted by molar-refractivity contribution is -0.227. The van der Waals surface area contributed by atoms with E-state index in [1.54, 1.807) is 12.1 Å². The summed E-state index contributed by atoms with van der Waals surface area (Å²) in [5.74, 6) is -1.54. The fraction of sp³-hybridized carbons (Fsp3) is 0.333. The van der Waals surface area contributed by atoms with Crippen LogP contribution in [0.5, 0.6) is 5.75 Å². The molecule has 12 heteroatoms. The van der Waals surface area contributed by atoms with Gasteiger partial charge in [0, 0.05) is 12.0 Å². The largest absolute Gasteiger partial charge is 0.491 e. The Morgan fingerprint density at radius 1 is 0.970 bits per heavy atom. The zero-order valence-electron chi connectivity index (χ0n) is 17.5. The lowest BCUT2D eigenvalue weighted by Crippen LogP contribution is -2.48. The normalized spacial score (nSPS) is 11.8. The molecule has 0 saturated heterocycles. The van der Waals surface area contributed by atoms with Gasteiger partial charge in [0.1, 0.15) is 5.75 Å². The molecule has 0 fully saturated rings. The smallest absolute Gasteiger partial charge is 0.491 e. The second-order valence-electron chi connectivity index (χ2n) is 6.95. The summed E-state index contributed by atoms with van der Waals surface area (Å²) < 4.78 is 83.8. The highest BCUT2D eigenvalue weighted by atomic mass is 19.4. The van der Waals surface area contributed by atoms with E-state index < -0.39 is 35.1 Å². The third-order valence-corrected chi connectivity index (χ3v) is 4.68. The Balaban J connectivity index is 2.29. The maximum Gasteiger partial charge on any atom is 0.491 e. The van der Waals surface area contributed by atoms with Gasteiger partial charge in [-0.2, -0.15) is 4.90 Å². The van der Waals surface area contributed by atoms with Crippen molar-refractivity contribution in [2.45, 2.75) is 39.3 Å². The van der Waals surface area contributed by atoms with Gasteiger partial charge < -0.3 is 15.2 Å². The number of carbonyl (C=O) groups excluding carboxylic acids is 1. The number of carbonyl (C=O) groups is 2. The molecule has 0 aliphatic heterocycles. The van der Waals surface area contributed by atoms with Crippen molar-refractivity contribution in [2.75, 3.05) is 16.8 Å². The van der Waals surface area contributed by atoms with Gasteiger partial charge in [0.2, 0.25) is 0 Å². The molecule has 6 nitrogen and oxygen atoms in total. The number of benzene rings is 2. The van der Waals surface area contributed by atoms with Crippen molar-refractivity contribution in [3.05, 3.63) is 53.1 Å². The van der Waals surface area contributed by atoms with E-state index in [4.69, 9.17) is 9.84 Å². The highest BCUT2D eigenvalue weighted by Gasteiger charge is 2.54. The standard InChI is InChI=1S/C21H20F6N2O4/c1-12-13(2)16(29(20(22,23)24)21(25,26)27)10-9-14(12)19(32)28-15-6-3-4-7-17(15)33-11-5-8-18(30)31/h3-4,6-7,9-10H,5,8,11H2,1-2H3,(H,28,32)(H,30,31). The maximum atomic E-state index is 13.1. The van der Waals surface area contributed by atoms with Gasteiger partial charge in [-0.25, -0.2) is 0 Å². The quantitative estimate of drug-likeness (QED) is 0.292. The van der Waals surface area contributed by atoms with Crippen LogP contribution in [0.25, 0.3) is 0 Å². The van der Waals surface area contributed by atoms with Crippen molar-refractivity contribution >= 4 is 23.3 Å². The Labute approximate surface area is 184 Å². The summed E-state index contributed by atoms with van der Waals surface area (Å²) in [7, 11) is 0. The number of carboxylic acid groups (broad SMARTS) is 1. The number of hydrogen-bond donors (Lipinski definition) is 2. The van der Waals surface area contributed by atoms with E-state index in [1.807, 2.05) is 0 Å². The van der Waals surface area contributed by atoms with E-state index in [0.29, 0.717) is 6.07 Å². The third kappa shape index (κ3) is 6.53. The van der Waals surface area contributed by atoms with Gasteiger partial charge >= 0.3 is 18.6 Å². The topological polar surface area (TPSA) is 78.9 Å². The first kappa shape index (κ1) is 25.8. The van der Waals surface area contributed by atoms with Crippen LogP contribution in [0.3, 0.4) is 0 Å². The molecule has 0 spiro atoms. The van der Waals surface area contributed by atoms with Crippen molar-refractivity contribution in [3.8, 4) is 5.75 Å². The lowest BCUT2D eigenvalue weighted by Gasteiger charge is -2.30. The average molecular weight is 478 g/mol. The van der Waals surface area contributed by atoms with E-state index in [2.05, 4.69) is 5.32 Å². The number of aliphatic carboxylic acids is 1. The molecule has 0 radical (unpaired) electrons. The van der Waals surface area contributed by atoms with Crippen molar-refractivity contribution in [1.29, 1.82) is 0 Å². The first-order chi connectivity index (χ1) is 15.2. The predicted molar refractivity (Wildman–Crippen MR) is 107 cm³/mol. The highest BCUT2D eigenvalue weighted by molar-refractivity contribution is 6.06. The van der Waals surface area contributed by atoms with Crippen LogP contribution >= 0.6 is 0 Å². The summed E-state index contributed by atoms with van der Waals surface area (Å²) in [6, 6.07) is 7.65. The Morgan fingerprint density at radius 3 is 2.15 bits per heavy atom. The third-order valence-electron chi connectivity index (χ3n) is 4.68. The Bertz CT molecular complexity index is 1010. The average Bonchev–Trinajstić information content (AvgIpc) is 2.67. The Kier molecular flexibility index (Phi) is 7.83. The molecule has 0 unspecified atom stereocenters. The summed E-state index contributed by atoms with van der Waals surface area (Å²) in [6.07, 6.45) is -11.3. The van der Waals surface area contributed by atoms with Crippen LogP contribution in [0.1, 0.15) is 34.3 Å². The van der Waals surface area contributed by atoms with Crippen LogP contribution in [0.4, 0.5) is 37.7 Å². The summed E-state index contributed by atoms with van der Waals surface area (Å²) in [4.78, 5) is 21.7. The van der Waals surface area contributed by atoms with Crippen LogP contribution in [0, 0.1) is 13.8 Å². The molecule has 0 aromatic heterocycles. The second kappa shape index (κ2) is 10.0. The van der Waals surface area contributed by atoms with Crippen LogP contribution < -0.4 is 15.0 Å². The van der Waals surface area contributed by atoms with Gasteiger partial charge in [-0.3, -0.25) is 9.59 Å². The zero-order valence-corrected chi connectivity index (χ0v) is 17.5. The van der Waals surface area contributed by atoms with E-state index in [-0.39, 0.29) is 47.6 Å². The molecular weight excluding hydrogens is 458 g/mol. The number of nitrogens with zero attached hydrogens (tertiary/aromatic N) is 1. The summed E-state index contributed by atoms with van der Waals surface area (Å²) in [5, 5.41) is 11.2. The van der Waals surface area contributed by atoms with E-state index in [1.165, 1.54) is 19.1 Å². The van der Waals surface area contributed by atoms with Gasteiger partial charge in [-0.1, -0.05) is 12.1 Å². The molecule has 0 aliphatic rings. The summed E-state index contributed by atoms with van der Waals surface area (Å²) in [6.45, 7) is 2.36. The number of anilines is 2. The molecule has 180 valence electrons. The number of halogens is 6. The van der Waals surface area contributed by atoms with Crippen molar-refractivity contribution in [1.82, 2.24) is 0 Å². The van der Waals surface area contributed by atoms with Crippen molar-refractivity contribution in [3.63, 3.8) is 0 Å². The number of hydrogen-bond acceptors (Lipinski definition) is 4. The SMILES string of the molecule is Cc1c(C(=O)Nc2ccccc2OCCCC(=O)O)ccc(N(C(F)(F)F)C(F)(F)F)c1C. The lowest BCUT2D eigenvalue weighted by atomic mass is 10.00. The summed E-state index contributed by atoms with van der Waals surface area (Å²) >= 11 is 0. The minimum Gasteiger partial charge on any atom is -0.491 e. The van der Waals surface area contributed by atoms with Crippen LogP contribution in [0.2, 0.25) is 0 Å². The number of para-hydroxylation sites is 2. The molecule has 33 heavy (non-hydrogen) atoms. The van der Waals surface area contributed by atoms with Crippen molar-refractivity contribution in [2.24, 2.45) is 0 Å². The van der Waals surface area contributed by atoms with Gasteiger partial charge in [-0.05, 0) is 55.7 Å². The first-order valence-electron chi connectivity index (χ1n) is 9.52. The van der Waals surface area contributed by atoms with Gasteiger partial charge in [0.15, 0.2) is 0 Å². The van der Waals surface area contributed by atoms with E-state index in [0.717, 1.165) is 13.0 Å². The molecule has 1 amide bonds. The van der Waals surface area contributed by atoms with Gasteiger partial charge in [-0.15, -0.1) is 26.3 Å². The minimum atomic E-state index is -5.71. The molecule has 0 atom stereocenters. The van der Waals surface area contributed by atoms with Crippen molar-refractivity contribution < 1.29 is 45.8 Å².